The Morgan fingerprint density at radius 1 is 1.33 bits per heavy atom. The molecule has 0 aliphatic carbocycles. The Morgan fingerprint density at radius 3 is 2.58 bits per heavy atom. The van der Waals surface area contributed by atoms with Gasteiger partial charge in [-0.3, -0.25) is 0 Å². The molecule has 1 aromatic heterocycles. The van der Waals surface area contributed by atoms with Crippen molar-refractivity contribution < 1.29 is 8.78 Å². The molecule has 0 aliphatic rings. The average molecular weight is 172 g/mol. The second-order valence-corrected chi connectivity index (χ2v) is 2.76. The Kier molecular flexibility index (Phi) is 2.58. The first-order valence-electron chi connectivity index (χ1n) is 3.68. The van der Waals surface area contributed by atoms with E-state index in [0.717, 1.165) is 12.1 Å². The smallest absolute Gasteiger partial charge is 0.214 e. The lowest BCUT2D eigenvalue weighted by molar-refractivity contribution is 0.561. The van der Waals surface area contributed by atoms with E-state index in [4.69, 9.17) is 0 Å². The Balaban J connectivity index is 2.90. The molecular weight excluding hydrogens is 162 g/mol. The van der Waals surface area contributed by atoms with Crippen LogP contribution in [0.3, 0.4) is 0 Å². The molecule has 4 heteroatoms. The summed E-state index contributed by atoms with van der Waals surface area (Å²) in [5.41, 5.74) is 0. The normalized spacial score (nSPS) is 10.4. The molecule has 2 nitrogen and oxygen atoms in total. The van der Waals surface area contributed by atoms with Crippen LogP contribution in [0, 0.1) is 11.8 Å². The van der Waals surface area contributed by atoms with Gasteiger partial charge in [0.2, 0.25) is 5.95 Å². The summed E-state index contributed by atoms with van der Waals surface area (Å²) < 4.78 is 25.3. The van der Waals surface area contributed by atoms with Crippen molar-refractivity contribution in [3.63, 3.8) is 0 Å². The lowest BCUT2D eigenvalue weighted by Gasteiger charge is -2.08. The van der Waals surface area contributed by atoms with Gasteiger partial charge in [-0.05, 0) is 26.0 Å². The van der Waals surface area contributed by atoms with Crippen LogP contribution in [-0.2, 0) is 0 Å². The molecule has 0 bridgehead atoms. The third kappa shape index (κ3) is 2.15. The number of aromatic nitrogens is 1. The number of nitrogens with one attached hydrogen (secondary N) is 1. The van der Waals surface area contributed by atoms with Gasteiger partial charge in [-0.1, -0.05) is 0 Å². The zero-order valence-corrected chi connectivity index (χ0v) is 6.94. The fourth-order valence-corrected chi connectivity index (χ4v) is 0.793. The Bertz CT molecular complexity index is 274. The molecule has 1 N–H and O–H groups in total. The lowest BCUT2D eigenvalue weighted by atomic mass is 10.3. The fraction of sp³-hybridized carbons (Fsp3) is 0.375. The molecule has 1 aromatic rings. The van der Waals surface area contributed by atoms with E-state index in [1.165, 1.54) is 0 Å². The molecule has 0 atom stereocenters. The molecule has 0 amide bonds. The molecule has 0 saturated carbocycles. The van der Waals surface area contributed by atoms with Gasteiger partial charge in [0, 0.05) is 6.04 Å². The quantitative estimate of drug-likeness (QED) is 0.691. The first kappa shape index (κ1) is 8.90. The highest BCUT2D eigenvalue weighted by molar-refractivity contribution is 5.36. The van der Waals surface area contributed by atoms with Crippen LogP contribution in [0.25, 0.3) is 0 Å². The SMILES string of the molecule is CC(C)Nc1nc(F)ccc1F. The minimum atomic E-state index is -0.681. The van der Waals surface area contributed by atoms with Crippen molar-refractivity contribution in [3.8, 4) is 0 Å². The topological polar surface area (TPSA) is 24.9 Å². The molecule has 0 unspecified atom stereocenters. The molecule has 1 heterocycles. The van der Waals surface area contributed by atoms with Gasteiger partial charge in [0.05, 0.1) is 0 Å². The summed E-state index contributed by atoms with van der Waals surface area (Å²) in [6.07, 6.45) is 0. The maximum Gasteiger partial charge on any atom is 0.214 e. The predicted molar refractivity (Wildman–Crippen MR) is 42.9 cm³/mol. The summed E-state index contributed by atoms with van der Waals surface area (Å²) in [6.45, 7) is 3.65. The predicted octanol–water partition coefficient (Wildman–Crippen LogP) is 2.18. The van der Waals surface area contributed by atoms with Crippen LogP contribution in [0.15, 0.2) is 12.1 Å². The highest BCUT2D eigenvalue weighted by Crippen LogP contribution is 2.11. The van der Waals surface area contributed by atoms with Gasteiger partial charge >= 0.3 is 0 Å². The summed E-state index contributed by atoms with van der Waals surface area (Å²) in [4.78, 5) is 3.36. The second kappa shape index (κ2) is 3.47. The standard InChI is InChI=1S/C8H10F2N2/c1-5(2)11-8-6(9)3-4-7(10)12-8/h3-5H,1-2H3,(H,11,12). The summed E-state index contributed by atoms with van der Waals surface area (Å²) in [7, 11) is 0. The number of hydrogen-bond donors (Lipinski definition) is 1. The van der Waals surface area contributed by atoms with E-state index < -0.39 is 11.8 Å². The molecule has 12 heavy (non-hydrogen) atoms. The first-order chi connectivity index (χ1) is 5.59. The van der Waals surface area contributed by atoms with Crippen LogP contribution in [0.1, 0.15) is 13.8 Å². The van der Waals surface area contributed by atoms with Crippen molar-refractivity contribution in [1.82, 2.24) is 4.98 Å². The number of anilines is 1. The number of hydrogen-bond acceptors (Lipinski definition) is 2. The van der Waals surface area contributed by atoms with Gasteiger partial charge in [-0.15, -0.1) is 0 Å². The van der Waals surface area contributed by atoms with Crippen molar-refractivity contribution in [1.29, 1.82) is 0 Å². The zero-order valence-electron chi connectivity index (χ0n) is 6.94. The van der Waals surface area contributed by atoms with Crippen LogP contribution < -0.4 is 5.32 Å². The molecule has 1 rings (SSSR count). The van der Waals surface area contributed by atoms with Crippen molar-refractivity contribution in [2.75, 3.05) is 5.32 Å². The Morgan fingerprint density at radius 2 is 2.00 bits per heavy atom. The van der Waals surface area contributed by atoms with Crippen LogP contribution in [0.2, 0.25) is 0 Å². The molecule has 0 radical (unpaired) electrons. The van der Waals surface area contributed by atoms with Gasteiger partial charge < -0.3 is 5.32 Å². The van der Waals surface area contributed by atoms with Crippen LogP contribution in [0.5, 0.6) is 0 Å². The second-order valence-electron chi connectivity index (χ2n) is 2.76. The molecular formula is C8H10F2N2. The van der Waals surface area contributed by atoms with E-state index in [1.807, 2.05) is 13.8 Å². The maximum absolute atomic E-state index is 12.8. The first-order valence-corrected chi connectivity index (χ1v) is 3.68. The van der Waals surface area contributed by atoms with Crippen LogP contribution in [-0.4, -0.2) is 11.0 Å². The van der Waals surface area contributed by atoms with Crippen molar-refractivity contribution in [2.45, 2.75) is 19.9 Å². The molecule has 0 aromatic carbocycles. The molecule has 0 aliphatic heterocycles. The summed E-state index contributed by atoms with van der Waals surface area (Å²) >= 11 is 0. The van der Waals surface area contributed by atoms with Gasteiger partial charge in [0.1, 0.15) is 0 Å². The minimum Gasteiger partial charge on any atom is -0.365 e. The van der Waals surface area contributed by atoms with Crippen molar-refractivity contribution in [3.05, 3.63) is 23.9 Å². The lowest BCUT2D eigenvalue weighted by Crippen LogP contribution is -2.12. The fourth-order valence-electron chi connectivity index (χ4n) is 0.793. The monoisotopic (exact) mass is 172 g/mol. The zero-order chi connectivity index (χ0) is 9.14. The van der Waals surface area contributed by atoms with Crippen LogP contribution in [0.4, 0.5) is 14.6 Å². The number of nitrogens with zero attached hydrogens (tertiary/aromatic N) is 1. The highest BCUT2D eigenvalue weighted by Gasteiger charge is 2.05. The Labute approximate surface area is 69.6 Å². The third-order valence-electron chi connectivity index (χ3n) is 1.24. The number of halogens is 2. The van der Waals surface area contributed by atoms with Gasteiger partial charge in [0.15, 0.2) is 11.6 Å². The minimum absolute atomic E-state index is 0.0359. The van der Waals surface area contributed by atoms with Crippen molar-refractivity contribution >= 4 is 5.82 Å². The van der Waals surface area contributed by atoms with Crippen molar-refractivity contribution in [2.24, 2.45) is 0 Å². The van der Waals surface area contributed by atoms with E-state index in [0.29, 0.717) is 0 Å². The van der Waals surface area contributed by atoms with E-state index in [1.54, 1.807) is 0 Å². The molecule has 0 fully saturated rings. The van der Waals surface area contributed by atoms with E-state index in [9.17, 15) is 8.78 Å². The third-order valence-corrected chi connectivity index (χ3v) is 1.24. The maximum atomic E-state index is 12.8. The van der Waals surface area contributed by atoms with E-state index >= 15 is 0 Å². The van der Waals surface area contributed by atoms with Crippen LogP contribution >= 0.6 is 0 Å². The molecule has 0 spiro atoms. The van der Waals surface area contributed by atoms with Gasteiger partial charge in [0.25, 0.3) is 0 Å². The van der Waals surface area contributed by atoms with Gasteiger partial charge in [-0.2, -0.15) is 9.37 Å². The highest BCUT2D eigenvalue weighted by atomic mass is 19.1. The molecule has 66 valence electrons. The summed E-state index contributed by atoms with van der Waals surface area (Å²) in [6, 6.07) is 2.07. The van der Waals surface area contributed by atoms with E-state index in [-0.39, 0.29) is 11.9 Å². The van der Waals surface area contributed by atoms with E-state index in [2.05, 4.69) is 10.3 Å². The van der Waals surface area contributed by atoms with Gasteiger partial charge in [-0.25, -0.2) is 4.39 Å². The Hall–Kier alpha value is -1.19. The average Bonchev–Trinajstić information content (AvgIpc) is 1.96. The molecule has 0 saturated heterocycles. The number of pyridine rings is 1. The number of rotatable bonds is 2. The summed E-state index contributed by atoms with van der Waals surface area (Å²) in [5.74, 6) is -1.25. The summed E-state index contributed by atoms with van der Waals surface area (Å²) in [5, 5.41) is 2.69. The largest absolute Gasteiger partial charge is 0.365 e.